The molecule has 2 aromatic rings. The third-order valence-electron chi connectivity index (χ3n) is 4.35. The van der Waals surface area contributed by atoms with Crippen molar-refractivity contribution >= 4 is 27.8 Å². The van der Waals surface area contributed by atoms with E-state index >= 15 is 0 Å². The van der Waals surface area contributed by atoms with E-state index < -0.39 is 12.1 Å². The lowest BCUT2D eigenvalue weighted by atomic mass is 10.1. The molecule has 7 heteroatoms. The van der Waals surface area contributed by atoms with Crippen molar-refractivity contribution in [1.82, 2.24) is 10.4 Å². The summed E-state index contributed by atoms with van der Waals surface area (Å²) >= 11 is 3.42. The molecule has 0 fully saturated rings. The molecule has 0 spiro atoms. The van der Waals surface area contributed by atoms with Gasteiger partial charge in [0.25, 0.3) is 0 Å². The number of nitrogens with zero attached hydrogens (tertiary/aromatic N) is 1. The van der Waals surface area contributed by atoms with Crippen LogP contribution in [0, 0.1) is 0 Å². The first-order chi connectivity index (χ1) is 13.3. The van der Waals surface area contributed by atoms with Crippen LogP contribution in [-0.2, 0) is 17.6 Å². The lowest BCUT2D eigenvalue weighted by Gasteiger charge is -2.23. The van der Waals surface area contributed by atoms with Gasteiger partial charge in [-0.2, -0.15) is 0 Å². The van der Waals surface area contributed by atoms with Crippen LogP contribution in [0.15, 0.2) is 53.0 Å². The van der Waals surface area contributed by atoms with Crippen molar-refractivity contribution in [3.05, 3.63) is 69.7 Å². The van der Waals surface area contributed by atoms with Crippen LogP contribution in [0.4, 0.5) is 0 Å². The molecule has 2 rings (SSSR count). The number of halogens is 1. The van der Waals surface area contributed by atoms with Crippen LogP contribution in [0.1, 0.15) is 34.8 Å². The SMILES string of the molecule is CC(=O)N(CCc1ccc(C(=O)O)cc1)NCCC(O)Cc1cccc(Br)c1. The van der Waals surface area contributed by atoms with E-state index in [0.29, 0.717) is 32.4 Å². The Morgan fingerprint density at radius 2 is 1.86 bits per heavy atom. The Labute approximate surface area is 173 Å². The fourth-order valence-corrected chi connectivity index (χ4v) is 3.25. The number of carbonyl (C=O) groups excluding carboxylic acids is 1. The highest BCUT2D eigenvalue weighted by Gasteiger charge is 2.11. The van der Waals surface area contributed by atoms with Gasteiger partial charge in [-0.25, -0.2) is 10.2 Å². The first-order valence-corrected chi connectivity index (χ1v) is 9.91. The molecule has 150 valence electrons. The fraction of sp³-hybridized carbons (Fsp3) is 0.333. The van der Waals surface area contributed by atoms with Gasteiger partial charge in [0.15, 0.2) is 0 Å². The minimum atomic E-state index is -0.958. The number of carbonyl (C=O) groups is 2. The number of amides is 1. The van der Waals surface area contributed by atoms with Gasteiger partial charge in [-0.3, -0.25) is 9.80 Å². The Morgan fingerprint density at radius 3 is 2.46 bits per heavy atom. The van der Waals surface area contributed by atoms with Crippen molar-refractivity contribution < 1.29 is 19.8 Å². The Bertz CT molecular complexity index is 795. The second kappa shape index (κ2) is 10.9. The van der Waals surface area contributed by atoms with Gasteiger partial charge in [0.2, 0.25) is 5.91 Å². The maximum atomic E-state index is 11.8. The maximum Gasteiger partial charge on any atom is 0.335 e. The lowest BCUT2D eigenvalue weighted by Crippen LogP contribution is -2.44. The summed E-state index contributed by atoms with van der Waals surface area (Å²) in [5.74, 6) is -1.07. The predicted molar refractivity (Wildman–Crippen MR) is 111 cm³/mol. The van der Waals surface area contributed by atoms with Crippen LogP contribution in [0.2, 0.25) is 0 Å². The number of aliphatic hydroxyl groups excluding tert-OH is 1. The maximum absolute atomic E-state index is 11.8. The van der Waals surface area contributed by atoms with E-state index in [1.807, 2.05) is 24.3 Å². The highest BCUT2D eigenvalue weighted by Crippen LogP contribution is 2.14. The van der Waals surface area contributed by atoms with Crippen LogP contribution in [0.25, 0.3) is 0 Å². The van der Waals surface area contributed by atoms with Gasteiger partial charge in [-0.1, -0.05) is 40.2 Å². The number of aliphatic hydroxyl groups is 1. The molecule has 1 unspecified atom stereocenters. The molecule has 0 saturated carbocycles. The number of nitrogens with one attached hydrogen (secondary N) is 1. The number of aromatic carboxylic acids is 1. The summed E-state index contributed by atoms with van der Waals surface area (Å²) < 4.78 is 0.981. The molecule has 1 amide bonds. The summed E-state index contributed by atoms with van der Waals surface area (Å²) in [6.07, 6.45) is 1.17. The molecule has 2 aromatic carbocycles. The predicted octanol–water partition coefficient (Wildman–Crippen LogP) is 3.04. The average Bonchev–Trinajstić information content (AvgIpc) is 2.64. The third kappa shape index (κ3) is 7.42. The van der Waals surface area contributed by atoms with Crippen LogP contribution in [0.5, 0.6) is 0 Å². The molecule has 0 bridgehead atoms. The minimum Gasteiger partial charge on any atom is -0.478 e. The molecule has 0 aliphatic heterocycles. The van der Waals surface area contributed by atoms with Gasteiger partial charge in [-0.15, -0.1) is 0 Å². The van der Waals surface area contributed by atoms with E-state index in [-0.39, 0.29) is 11.5 Å². The van der Waals surface area contributed by atoms with E-state index in [2.05, 4.69) is 21.4 Å². The van der Waals surface area contributed by atoms with Crippen LogP contribution >= 0.6 is 15.9 Å². The van der Waals surface area contributed by atoms with Gasteiger partial charge in [-0.05, 0) is 54.7 Å². The quantitative estimate of drug-likeness (QED) is 0.486. The monoisotopic (exact) mass is 448 g/mol. The first-order valence-electron chi connectivity index (χ1n) is 9.11. The second-order valence-electron chi connectivity index (χ2n) is 6.61. The zero-order valence-electron chi connectivity index (χ0n) is 15.8. The van der Waals surface area contributed by atoms with Crippen LogP contribution in [-0.4, -0.2) is 46.3 Å². The highest BCUT2D eigenvalue weighted by molar-refractivity contribution is 9.10. The normalized spacial score (nSPS) is 11.8. The number of hydrazine groups is 1. The Hall–Kier alpha value is -2.22. The molecule has 0 aromatic heterocycles. The molecular weight excluding hydrogens is 424 g/mol. The van der Waals surface area contributed by atoms with Crippen LogP contribution in [0.3, 0.4) is 0 Å². The van der Waals surface area contributed by atoms with E-state index in [1.54, 1.807) is 24.3 Å². The molecule has 1 atom stereocenters. The number of carboxylic acid groups (broad SMARTS) is 1. The molecule has 6 nitrogen and oxygen atoms in total. The third-order valence-corrected chi connectivity index (χ3v) is 4.84. The summed E-state index contributed by atoms with van der Waals surface area (Å²) in [5.41, 5.74) is 5.31. The zero-order valence-corrected chi connectivity index (χ0v) is 17.4. The minimum absolute atomic E-state index is 0.108. The summed E-state index contributed by atoms with van der Waals surface area (Å²) in [6, 6.07) is 14.4. The number of hydrogen-bond acceptors (Lipinski definition) is 4. The molecule has 0 saturated heterocycles. The molecule has 0 heterocycles. The first kappa shape index (κ1) is 22.1. The molecular formula is C21H25BrN2O4. The van der Waals surface area contributed by atoms with E-state index in [1.165, 1.54) is 11.9 Å². The van der Waals surface area contributed by atoms with Crippen molar-refractivity contribution in [2.24, 2.45) is 0 Å². The molecule has 28 heavy (non-hydrogen) atoms. The lowest BCUT2D eigenvalue weighted by molar-refractivity contribution is -0.132. The number of carboxylic acids is 1. The summed E-state index contributed by atoms with van der Waals surface area (Å²) in [7, 11) is 0. The number of rotatable bonds is 10. The van der Waals surface area contributed by atoms with Crippen molar-refractivity contribution in [2.75, 3.05) is 13.1 Å². The standard InChI is InChI=1S/C21H25BrN2O4/c1-15(25)24(12-10-16-5-7-18(8-6-16)21(27)28)23-11-9-20(26)14-17-3-2-4-19(22)13-17/h2-8,13,20,23,26H,9-12,14H2,1H3,(H,27,28). The summed E-state index contributed by atoms with van der Waals surface area (Å²) in [6.45, 7) is 2.43. The van der Waals surface area contributed by atoms with Gasteiger partial charge in [0, 0.05) is 24.5 Å². The van der Waals surface area contributed by atoms with Crippen molar-refractivity contribution in [2.45, 2.75) is 32.3 Å². The molecule has 3 N–H and O–H groups in total. The topological polar surface area (TPSA) is 89.9 Å². The van der Waals surface area contributed by atoms with Gasteiger partial charge in [0.05, 0.1) is 11.7 Å². The number of hydrogen-bond donors (Lipinski definition) is 3. The largest absolute Gasteiger partial charge is 0.478 e. The Kier molecular flexibility index (Phi) is 8.63. The smallest absolute Gasteiger partial charge is 0.335 e. The van der Waals surface area contributed by atoms with E-state index in [9.17, 15) is 14.7 Å². The number of benzene rings is 2. The average molecular weight is 449 g/mol. The van der Waals surface area contributed by atoms with Gasteiger partial charge < -0.3 is 10.2 Å². The van der Waals surface area contributed by atoms with Crippen molar-refractivity contribution in [1.29, 1.82) is 0 Å². The van der Waals surface area contributed by atoms with Crippen molar-refractivity contribution in [3.8, 4) is 0 Å². The van der Waals surface area contributed by atoms with E-state index in [0.717, 1.165) is 15.6 Å². The van der Waals surface area contributed by atoms with Gasteiger partial charge in [0.1, 0.15) is 0 Å². The molecule has 0 aliphatic carbocycles. The summed E-state index contributed by atoms with van der Waals surface area (Å²) in [4.78, 5) is 22.7. The zero-order chi connectivity index (χ0) is 20.5. The highest BCUT2D eigenvalue weighted by atomic mass is 79.9. The van der Waals surface area contributed by atoms with E-state index in [4.69, 9.17) is 5.11 Å². The fourth-order valence-electron chi connectivity index (χ4n) is 2.81. The van der Waals surface area contributed by atoms with Crippen LogP contribution < -0.4 is 5.43 Å². The van der Waals surface area contributed by atoms with Gasteiger partial charge >= 0.3 is 5.97 Å². The Balaban J connectivity index is 1.77. The molecule has 0 radical (unpaired) electrons. The second-order valence-corrected chi connectivity index (χ2v) is 7.52. The van der Waals surface area contributed by atoms with Crippen molar-refractivity contribution in [3.63, 3.8) is 0 Å². The molecule has 0 aliphatic rings. The summed E-state index contributed by atoms with van der Waals surface area (Å²) in [5, 5.41) is 20.7. The Morgan fingerprint density at radius 1 is 1.14 bits per heavy atom.